The highest BCUT2D eigenvalue weighted by molar-refractivity contribution is 6.65. The number of fused-ring (bicyclic) bond motifs is 8. The van der Waals surface area contributed by atoms with Gasteiger partial charge in [0.15, 0.2) is 0 Å². The van der Waals surface area contributed by atoms with Crippen LogP contribution in [0, 0.1) is 0 Å². The number of rotatable bonds is 7. The van der Waals surface area contributed by atoms with Crippen LogP contribution >= 0.6 is 0 Å². The van der Waals surface area contributed by atoms with Gasteiger partial charge in [0.1, 0.15) is 73.9 Å². The molecule has 1 aromatic heterocycles. The maximum Gasteiger partial charge on any atom is 0.143 e. The van der Waals surface area contributed by atoms with Crippen LogP contribution in [0.4, 0.5) is 17.1 Å². The maximum absolute atomic E-state index is 6.72. The molecule has 0 N–H and O–H groups in total. The number of nitrogens with zero attached hydrogens (tertiary/aromatic N) is 1. The zero-order valence-corrected chi connectivity index (χ0v) is 41.3. The largest absolute Gasteiger partial charge is 0.455 e. The second kappa shape index (κ2) is 17.1. The van der Waals surface area contributed by atoms with Crippen molar-refractivity contribution in [3.63, 3.8) is 0 Å². The summed E-state index contributed by atoms with van der Waals surface area (Å²) in [6.07, 6.45) is 0. The van der Waals surface area contributed by atoms with Gasteiger partial charge in [-0.05, 0) is 102 Å². The molecule has 0 bridgehead atoms. The predicted molar refractivity (Wildman–Crippen MR) is 328 cm³/mol. The quantitative estimate of drug-likeness (QED) is 0.181. The minimum atomic E-state index is 0.895. The molecule has 322 valence electrons. The highest BCUT2D eigenvalue weighted by Gasteiger charge is 2.28. The Balaban J connectivity index is 1.09. The third-order valence-corrected chi connectivity index (χ3v) is 15.7. The number of benzene rings is 11. The normalized spacial score (nSPS) is 11.6. The van der Waals surface area contributed by atoms with Crippen LogP contribution in [0.25, 0.3) is 98.8 Å². The van der Waals surface area contributed by atoms with Crippen molar-refractivity contribution in [1.82, 2.24) is 0 Å². The first-order chi connectivity index (χ1) is 34.1. The topological polar surface area (TPSA) is 16.4 Å². The van der Waals surface area contributed by atoms with E-state index in [0.717, 1.165) is 44.1 Å². The van der Waals surface area contributed by atoms with E-state index < -0.39 is 0 Å². The van der Waals surface area contributed by atoms with Gasteiger partial charge in [-0.25, -0.2) is 0 Å². The number of hydrogen-bond donors (Lipinski definition) is 0. The number of furan rings is 1. The molecule has 12 aromatic rings. The lowest BCUT2D eigenvalue weighted by atomic mass is 9.62. The summed E-state index contributed by atoms with van der Waals surface area (Å²) >= 11 is 0. The molecule has 70 heavy (non-hydrogen) atoms. The van der Waals surface area contributed by atoms with Crippen molar-refractivity contribution in [2.75, 3.05) is 4.90 Å². The summed E-state index contributed by atoms with van der Waals surface area (Å²) < 4.78 is 6.72. The van der Waals surface area contributed by atoms with Gasteiger partial charge in [0.25, 0.3) is 0 Å². The molecule has 0 fully saturated rings. The van der Waals surface area contributed by atoms with Crippen molar-refractivity contribution < 1.29 is 4.42 Å². The van der Waals surface area contributed by atoms with E-state index in [4.69, 9.17) is 4.42 Å². The van der Waals surface area contributed by atoms with E-state index in [0.29, 0.717) is 0 Å². The van der Waals surface area contributed by atoms with Crippen LogP contribution in [-0.4, -0.2) is 62.8 Å². The summed E-state index contributed by atoms with van der Waals surface area (Å²) in [4.78, 5) is 2.60. The molecule has 10 heteroatoms. The Labute approximate surface area is 417 Å². The van der Waals surface area contributed by atoms with Crippen LogP contribution in [0.5, 0.6) is 0 Å². The van der Waals surface area contributed by atoms with Crippen molar-refractivity contribution in [3.05, 3.63) is 188 Å². The van der Waals surface area contributed by atoms with E-state index in [1.54, 1.807) is 0 Å². The summed E-state index contributed by atoms with van der Waals surface area (Å²) in [6, 6.07) is 68.6. The second-order valence-corrected chi connectivity index (χ2v) is 19.4. The fourth-order valence-electron chi connectivity index (χ4n) is 11.8. The molecule has 0 unspecified atom stereocenters. The van der Waals surface area contributed by atoms with Crippen molar-refractivity contribution in [2.24, 2.45) is 0 Å². The lowest BCUT2D eigenvalue weighted by Gasteiger charge is -2.37. The molecule has 0 amide bonds. The molecule has 0 saturated heterocycles. The van der Waals surface area contributed by atoms with Gasteiger partial charge in [0, 0.05) is 33.2 Å². The summed E-state index contributed by atoms with van der Waals surface area (Å²) in [5.74, 6) is 0. The summed E-state index contributed by atoms with van der Waals surface area (Å²) in [6.45, 7) is 0. The molecule has 11 aromatic carbocycles. The van der Waals surface area contributed by atoms with Crippen molar-refractivity contribution >= 4 is 178 Å². The van der Waals surface area contributed by atoms with Crippen LogP contribution in [0.15, 0.2) is 192 Å². The first-order valence-corrected chi connectivity index (χ1v) is 24.6. The predicted octanol–water partition coefficient (Wildman–Crippen LogP) is 3.25. The molecule has 0 radical (unpaired) electrons. The summed E-state index contributed by atoms with van der Waals surface area (Å²) in [5.41, 5.74) is 25.5. The van der Waals surface area contributed by atoms with E-state index in [1.165, 1.54) is 115 Å². The Morgan fingerprint density at radius 3 is 1.53 bits per heavy atom. The molecule has 0 atom stereocenters. The van der Waals surface area contributed by atoms with Gasteiger partial charge in [0.2, 0.25) is 0 Å². The van der Waals surface area contributed by atoms with E-state index in [1.807, 2.05) is 0 Å². The van der Waals surface area contributed by atoms with E-state index in [9.17, 15) is 0 Å². The standard InChI is InChI=1S/C60H47B8NO/c61-50-47(35-26-24-33(25-27-35)32-12-2-1-3-13-32)51(62)55(66)58(54(50)65)69(38-17-10-16-36(30-38)40-22-11-23-46-48(40)44-29-28-34-14-4-7-19-41(34)60(44)70-46)59-56(67)52(63)49(53(64)57(59)68)45-31-37-15-5-6-18-39(37)42-20-8-9-21-43(42)45/h1-31H,61-68H2. The first kappa shape index (κ1) is 43.6. The average molecular weight is 885 g/mol. The number of anilines is 3. The van der Waals surface area contributed by atoms with Crippen LogP contribution in [-0.2, 0) is 0 Å². The van der Waals surface area contributed by atoms with Crippen molar-refractivity contribution in [2.45, 2.75) is 0 Å². The van der Waals surface area contributed by atoms with E-state index >= 15 is 0 Å². The molecule has 0 aliphatic rings. The highest BCUT2D eigenvalue weighted by Crippen LogP contribution is 2.42. The fourth-order valence-corrected chi connectivity index (χ4v) is 11.8. The van der Waals surface area contributed by atoms with E-state index in [-0.39, 0.29) is 0 Å². The molecular formula is C60H47B8NO. The lowest BCUT2D eigenvalue weighted by Crippen LogP contribution is -2.50. The smallest absolute Gasteiger partial charge is 0.143 e. The lowest BCUT2D eigenvalue weighted by molar-refractivity contribution is 0.673. The Morgan fingerprint density at radius 2 is 0.843 bits per heavy atom. The van der Waals surface area contributed by atoms with Gasteiger partial charge in [-0.15, -0.1) is 0 Å². The molecule has 1 heterocycles. The van der Waals surface area contributed by atoms with Crippen LogP contribution in [0.2, 0.25) is 0 Å². The second-order valence-electron chi connectivity index (χ2n) is 19.4. The van der Waals surface area contributed by atoms with E-state index in [2.05, 4.69) is 256 Å². The third kappa shape index (κ3) is 6.83. The van der Waals surface area contributed by atoms with Gasteiger partial charge in [0.05, 0.1) is 0 Å². The summed E-state index contributed by atoms with van der Waals surface area (Å²) in [5, 5.41) is 9.69. The van der Waals surface area contributed by atoms with Gasteiger partial charge in [-0.2, -0.15) is 0 Å². The van der Waals surface area contributed by atoms with Gasteiger partial charge < -0.3 is 9.32 Å². The summed E-state index contributed by atoms with van der Waals surface area (Å²) in [7, 11) is 18.7. The van der Waals surface area contributed by atoms with Crippen LogP contribution in [0.1, 0.15) is 0 Å². The first-order valence-electron chi connectivity index (χ1n) is 24.6. The minimum Gasteiger partial charge on any atom is -0.455 e. The Morgan fingerprint density at radius 1 is 0.314 bits per heavy atom. The highest BCUT2D eigenvalue weighted by atomic mass is 16.3. The SMILES string of the molecule is Bc1c(B)c(N(c2cccc(-c3cccc4oc5c6ccccc6ccc5c34)c2)c2c(B)c(B)c(-c3cc4ccccc4c4ccccc34)c(B)c2B)c(B)c(B)c1-c1ccc(-c2ccccc2)cc1. The molecule has 0 spiro atoms. The molecule has 0 saturated carbocycles. The Bertz CT molecular complexity index is 4050. The van der Waals surface area contributed by atoms with Gasteiger partial charge in [-0.3, -0.25) is 0 Å². The minimum absolute atomic E-state index is 0.895. The third-order valence-electron chi connectivity index (χ3n) is 15.7. The number of hydrogen-bond acceptors (Lipinski definition) is 2. The van der Waals surface area contributed by atoms with Crippen molar-refractivity contribution in [1.29, 1.82) is 0 Å². The average Bonchev–Trinajstić information content (AvgIpc) is 3.80. The van der Waals surface area contributed by atoms with Crippen LogP contribution in [0.3, 0.4) is 0 Å². The zero-order valence-electron chi connectivity index (χ0n) is 41.3. The van der Waals surface area contributed by atoms with Gasteiger partial charge in [-0.1, -0.05) is 201 Å². The van der Waals surface area contributed by atoms with Crippen molar-refractivity contribution in [3.8, 4) is 44.5 Å². The Kier molecular flexibility index (Phi) is 10.6. The molecule has 0 aliphatic carbocycles. The molecule has 0 aliphatic heterocycles. The molecular weight excluding hydrogens is 837 g/mol. The molecule has 2 nitrogen and oxygen atoms in total. The Hall–Kier alpha value is -7.68. The fraction of sp³-hybridized carbons (Fsp3) is 0. The molecule has 12 rings (SSSR count). The van der Waals surface area contributed by atoms with Crippen LogP contribution < -0.4 is 48.6 Å². The van der Waals surface area contributed by atoms with Gasteiger partial charge >= 0.3 is 0 Å². The monoisotopic (exact) mass is 885 g/mol. The zero-order chi connectivity index (χ0) is 47.9. The maximum atomic E-state index is 6.72.